The Morgan fingerprint density at radius 1 is 1.08 bits per heavy atom. The Bertz CT molecular complexity index is 878. The summed E-state index contributed by atoms with van der Waals surface area (Å²) in [6, 6.07) is 13.4. The molecule has 0 radical (unpaired) electrons. The van der Waals surface area contributed by atoms with E-state index >= 15 is 0 Å². The molecule has 0 unspecified atom stereocenters. The highest BCUT2D eigenvalue weighted by Crippen LogP contribution is 2.17. The molecule has 26 heavy (non-hydrogen) atoms. The molecule has 140 valence electrons. The lowest BCUT2D eigenvalue weighted by atomic mass is 10.1. The molecule has 0 fully saturated rings. The van der Waals surface area contributed by atoms with Crippen molar-refractivity contribution in [2.75, 3.05) is 12.8 Å². The number of hydrogen-bond donors (Lipinski definition) is 2. The Hall–Kier alpha value is -1.86. The van der Waals surface area contributed by atoms with Crippen molar-refractivity contribution in [2.45, 2.75) is 31.8 Å². The van der Waals surface area contributed by atoms with Crippen molar-refractivity contribution in [1.29, 1.82) is 0 Å². The van der Waals surface area contributed by atoms with Crippen LogP contribution in [-0.2, 0) is 22.9 Å². The molecule has 0 amide bonds. The van der Waals surface area contributed by atoms with Crippen LogP contribution < -0.4 is 10.6 Å². The van der Waals surface area contributed by atoms with Gasteiger partial charge < -0.3 is 10.6 Å². The summed E-state index contributed by atoms with van der Waals surface area (Å²) in [4.78, 5) is 4.95. The molecule has 0 aliphatic rings. The molecule has 7 heteroatoms. The first-order chi connectivity index (χ1) is 12.3. The maximum Gasteiger partial charge on any atom is 0.191 e. The van der Waals surface area contributed by atoms with Crippen molar-refractivity contribution < 1.29 is 8.42 Å². The molecule has 2 aromatic rings. The van der Waals surface area contributed by atoms with Gasteiger partial charge in [0.05, 0.1) is 11.4 Å². The molecule has 2 rings (SSSR count). The summed E-state index contributed by atoms with van der Waals surface area (Å²) >= 11 is 3.43. The second-order valence-electron chi connectivity index (χ2n) is 6.05. The summed E-state index contributed by atoms with van der Waals surface area (Å²) in [5, 5.41) is 6.52. The molecule has 0 aromatic heterocycles. The summed E-state index contributed by atoms with van der Waals surface area (Å²) in [6.07, 6.45) is 1.22. The fourth-order valence-electron chi connectivity index (χ4n) is 2.53. The molecule has 0 spiro atoms. The average Bonchev–Trinajstić information content (AvgIpc) is 2.57. The van der Waals surface area contributed by atoms with E-state index in [0.29, 0.717) is 18.0 Å². The molecule has 0 bridgehead atoms. The number of halogens is 1. The number of rotatable bonds is 6. The maximum atomic E-state index is 11.7. The largest absolute Gasteiger partial charge is 0.357 e. The second kappa shape index (κ2) is 9.19. The monoisotopic (exact) mass is 437 g/mol. The molecule has 0 saturated carbocycles. The number of nitrogens with one attached hydrogen (secondary N) is 2. The van der Waals surface area contributed by atoms with Gasteiger partial charge in [-0.2, -0.15) is 0 Å². The van der Waals surface area contributed by atoms with Gasteiger partial charge in [0.2, 0.25) is 0 Å². The van der Waals surface area contributed by atoms with E-state index in [2.05, 4.69) is 31.6 Å². The molecular formula is C19H24BrN3O2S. The summed E-state index contributed by atoms with van der Waals surface area (Å²) in [7, 11) is -3.20. The van der Waals surface area contributed by atoms with Gasteiger partial charge in [-0.05, 0) is 48.7 Å². The highest BCUT2D eigenvalue weighted by atomic mass is 79.9. The number of aliphatic imine (C=N–C) groups is 1. The first-order valence-electron chi connectivity index (χ1n) is 8.36. The normalized spacial score (nSPS) is 12.1. The number of guanidine groups is 1. The van der Waals surface area contributed by atoms with Crippen LogP contribution >= 0.6 is 15.9 Å². The van der Waals surface area contributed by atoms with Crippen LogP contribution in [0, 0.1) is 6.92 Å². The van der Waals surface area contributed by atoms with Crippen molar-refractivity contribution >= 4 is 31.7 Å². The summed E-state index contributed by atoms with van der Waals surface area (Å²) < 4.78 is 24.5. The van der Waals surface area contributed by atoms with Gasteiger partial charge in [0, 0.05) is 23.8 Å². The van der Waals surface area contributed by atoms with E-state index in [0.717, 1.165) is 33.7 Å². The van der Waals surface area contributed by atoms with Crippen LogP contribution in [0.3, 0.4) is 0 Å². The number of hydrogen-bond acceptors (Lipinski definition) is 3. The van der Waals surface area contributed by atoms with E-state index < -0.39 is 9.84 Å². The van der Waals surface area contributed by atoms with Crippen LogP contribution in [0.5, 0.6) is 0 Å². The van der Waals surface area contributed by atoms with Crippen molar-refractivity contribution in [1.82, 2.24) is 10.6 Å². The summed E-state index contributed by atoms with van der Waals surface area (Å²) in [5.74, 6) is 0.722. The van der Waals surface area contributed by atoms with Gasteiger partial charge in [-0.1, -0.05) is 40.2 Å². The SMILES string of the molecule is CCNC(=NCc1ccc(S(C)(=O)=O)c(C)c1)NCc1ccc(Br)cc1. The molecule has 0 aliphatic heterocycles. The smallest absolute Gasteiger partial charge is 0.191 e. The zero-order valence-corrected chi connectivity index (χ0v) is 17.6. The minimum Gasteiger partial charge on any atom is -0.357 e. The molecular weight excluding hydrogens is 414 g/mol. The van der Waals surface area contributed by atoms with Crippen LogP contribution in [0.1, 0.15) is 23.6 Å². The van der Waals surface area contributed by atoms with Crippen LogP contribution in [-0.4, -0.2) is 27.2 Å². The fraction of sp³-hybridized carbons (Fsp3) is 0.316. The van der Waals surface area contributed by atoms with Gasteiger partial charge in [0.1, 0.15) is 0 Å². The Labute approximate surface area is 164 Å². The lowest BCUT2D eigenvalue weighted by molar-refractivity contribution is 0.601. The van der Waals surface area contributed by atoms with Gasteiger partial charge in [0.15, 0.2) is 15.8 Å². The highest BCUT2D eigenvalue weighted by molar-refractivity contribution is 9.10. The van der Waals surface area contributed by atoms with E-state index in [-0.39, 0.29) is 0 Å². The van der Waals surface area contributed by atoms with Gasteiger partial charge in [0.25, 0.3) is 0 Å². The van der Waals surface area contributed by atoms with Crippen LogP contribution in [0.2, 0.25) is 0 Å². The van der Waals surface area contributed by atoms with Crippen molar-refractivity contribution in [3.8, 4) is 0 Å². The van der Waals surface area contributed by atoms with Gasteiger partial charge in [-0.25, -0.2) is 13.4 Å². The summed E-state index contributed by atoms with van der Waals surface area (Å²) in [5.41, 5.74) is 2.87. The highest BCUT2D eigenvalue weighted by Gasteiger charge is 2.10. The molecule has 0 saturated heterocycles. The molecule has 2 aromatic carbocycles. The lowest BCUT2D eigenvalue weighted by Crippen LogP contribution is -2.36. The number of sulfone groups is 1. The number of benzene rings is 2. The Morgan fingerprint density at radius 3 is 2.31 bits per heavy atom. The van der Waals surface area contributed by atoms with Crippen LogP contribution in [0.15, 0.2) is 56.8 Å². The zero-order valence-electron chi connectivity index (χ0n) is 15.2. The Balaban J connectivity index is 2.06. The third-order valence-electron chi connectivity index (χ3n) is 3.78. The van der Waals surface area contributed by atoms with E-state index in [1.165, 1.54) is 6.26 Å². The topological polar surface area (TPSA) is 70.6 Å². The molecule has 0 atom stereocenters. The zero-order chi connectivity index (χ0) is 19.2. The quantitative estimate of drug-likeness (QED) is 0.536. The van der Waals surface area contributed by atoms with Gasteiger partial charge >= 0.3 is 0 Å². The lowest BCUT2D eigenvalue weighted by Gasteiger charge is -2.12. The minimum absolute atomic E-state index is 0.366. The molecule has 0 heterocycles. The number of aryl methyl sites for hydroxylation is 1. The predicted octanol–water partition coefficient (Wildman–Crippen LogP) is 3.42. The average molecular weight is 438 g/mol. The van der Waals surface area contributed by atoms with Gasteiger partial charge in [-0.15, -0.1) is 0 Å². The van der Waals surface area contributed by atoms with E-state index in [9.17, 15) is 8.42 Å². The molecule has 0 aliphatic carbocycles. The first kappa shape index (κ1) is 20.5. The minimum atomic E-state index is -3.20. The predicted molar refractivity (Wildman–Crippen MR) is 110 cm³/mol. The van der Waals surface area contributed by atoms with Gasteiger partial charge in [-0.3, -0.25) is 0 Å². The Kier molecular flexibility index (Phi) is 7.23. The standard InChI is InChI=1S/C19H24BrN3O2S/c1-4-21-19(22-12-15-5-8-17(20)9-6-15)23-13-16-7-10-18(14(2)11-16)26(3,24)25/h5-11H,4,12-13H2,1-3H3,(H2,21,22,23). The summed E-state index contributed by atoms with van der Waals surface area (Å²) in [6.45, 7) is 5.73. The number of nitrogens with zero attached hydrogens (tertiary/aromatic N) is 1. The van der Waals surface area contributed by atoms with Crippen molar-refractivity contribution in [2.24, 2.45) is 4.99 Å². The van der Waals surface area contributed by atoms with E-state index in [4.69, 9.17) is 0 Å². The third-order valence-corrected chi connectivity index (χ3v) is 5.56. The van der Waals surface area contributed by atoms with Crippen molar-refractivity contribution in [3.05, 3.63) is 63.6 Å². The van der Waals surface area contributed by atoms with Crippen LogP contribution in [0.4, 0.5) is 0 Å². The van der Waals surface area contributed by atoms with Crippen molar-refractivity contribution in [3.63, 3.8) is 0 Å². The third kappa shape index (κ3) is 6.14. The Morgan fingerprint density at radius 2 is 1.73 bits per heavy atom. The van der Waals surface area contributed by atoms with Crippen LogP contribution in [0.25, 0.3) is 0 Å². The second-order valence-corrected chi connectivity index (χ2v) is 8.95. The molecule has 2 N–H and O–H groups in total. The first-order valence-corrected chi connectivity index (χ1v) is 11.0. The molecule has 5 nitrogen and oxygen atoms in total. The maximum absolute atomic E-state index is 11.7. The fourth-order valence-corrected chi connectivity index (χ4v) is 3.75. The van der Waals surface area contributed by atoms with E-state index in [1.807, 2.05) is 43.3 Å². The van der Waals surface area contributed by atoms with E-state index in [1.54, 1.807) is 13.0 Å².